The summed E-state index contributed by atoms with van der Waals surface area (Å²) in [7, 11) is 0. The van der Waals surface area contributed by atoms with E-state index in [0.29, 0.717) is 27.4 Å². The molecular weight excluding hydrogens is 255 g/mol. The molecule has 0 aliphatic rings. The molecule has 0 amide bonds. The van der Waals surface area contributed by atoms with Crippen molar-refractivity contribution < 1.29 is 9.53 Å². The molecule has 0 atom stereocenters. The van der Waals surface area contributed by atoms with Gasteiger partial charge in [0.25, 0.3) is 0 Å². The van der Waals surface area contributed by atoms with Crippen molar-refractivity contribution in [2.45, 2.75) is 6.92 Å². The Morgan fingerprint density at radius 1 is 1.62 bits per heavy atom. The molecule has 0 unspecified atom stereocenters. The summed E-state index contributed by atoms with van der Waals surface area (Å²) in [6.45, 7) is 2.37. The summed E-state index contributed by atoms with van der Waals surface area (Å²) in [6, 6.07) is 3.27. The number of hydrogen-bond acceptors (Lipinski definition) is 2. The zero-order valence-corrected chi connectivity index (χ0v) is 9.35. The summed E-state index contributed by atoms with van der Waals surface area (Å²) in [6.07, 6.45) is 0.724. The van der Waals surface area contributed by atoms with E-state index in [0.717, 1.165) is 6.29 Å². The van der Waals surface area contributed by atoms with Crippen LogP contribution in [-0.4, -0.2) is 12.9 Å². The van der Waals surface area contributed by atoms with E-state index >= 15 is 0 Å². The third kappa shape index (κ3) is 2.45. The second-order valence-electron chi connectivity index (χ2n) is 2.36. The second-order valence-corrected chi connectivity index (χ2v) is 3.65. The molecule has 0 fully saturated rings. The minimum Gasteiger partial charge on any atom is -0.492 e. The van der Waals surface area contributed by atoms with Crippen LogP contribution < -0.4 is 4.74 Å². The molecule has 1 aromatic carbocycles. The Morgan fingerprint density at radius 2 is 2.31 bits per heavy atom. The van der Waals surface area contributed by atoms with Crippen molar-refractivity contribution in [3.8, 4) is 5.75 Å². The lowest BCUT2D eigenvalue weighted by Gasteiger charge is -2.08. The molecule has 0 aromatic heterocycles. The van der Waals surface area contributed by atoms with Crippen LogP contribution in [0.3, 0.4) is 0 Å². The normalized spacial score (nSPS) is 9.77. The average molecular weight is 264 g/mol. The Hall–Kier alpha value is -0.540. The SMILES string of the molecule is CCOc1c(Br)cc(Cl)cc1C=O. The first-order valence-corrected chi connectivity index (χ1v) is 4.93. The van der Waals surface area contributed by atoms with E-state index in [2.05, 4.69) is 15.9 Å². The molecule has 70 valence electrons. The maximum atomic E-state index is 10.6. The maximum absolute atomic E-state index is 10.6. The summed E-state index contributed by atoms with van der Waals surface area (Å²) >= 11 is 9.03. The maximum Gasteiger partial charge on any atom is 0.153 e. The van der Waals surface area contributed by atoms with Gasteiger partial charge in [0.2, 0.25) is 0 Å². The van der Waals surface area contributed by atoms with E-state index in [1.807, 2.05) is 6.92 Å². The lowest BCUT2D eigenvalue weighted by molar-refractivity contribution is 0.111. The quantitative estimate of drug-likeness (QED) is 0.782. The van der Waals surface area contributed by atoms with Crippen molar-refractivity contribution in [3.63, 3.8) is 0 Å². The number of ether oxygens (including phenoxy) is 1. The molecule has 0 heterocycles. The van der Waals surface area contributed by atoms with Crippen molar-refractivity contribution in [1.29, 1.82) is 0 Å². The van der Waals surface area contributed by atoms with Crippen molar-refractivity contribution in [3.05, 3.63) is 27.2 Å². The summed E-state index contributed by atoms with van der Waals surface area (Å²) in [5.74, 6) is 0.543. The molecule has 0 spiro atoms. The molecule has 13 heavy (non-hydrogen) atoms. The highest BCUT2D eigenvalue weighted by atomic mass is 79.9. The highest BCUT2D eigenvalue weighted by Gasteiger charge is 2.08. The Bertz CT molecular complexity index is 326. The number of carbonyl (C=O) groups is 1. The van der Waals surface area contributed by atoms with Gasteiger partial charge in [-0.3, -0.25) is 4.79 Å². The molecule has 1 rings (SSSR count). The zero-order chi connectivity index (χ0) is 9.84. The lowest BCUT2D eigenvalue weighted by atomic mass is 10.2. The first kappa shape index (κ1) is 10.5. The molecule has 2 nitrogen and oxygen atoms in total. The van der Waals surface area contributed by atoms with Crippen molar-refractivity contribution in [2.75, 3.05) is 6.61 Å². The van der Waals surface area contributed by atoms with Crippen molar-refractivity contribution in [1.82, 2.24) is 0 Å². The van der Waals surface area contributed by atoms with Gasteiger partial charge in [-0.15, -0.1) is 0 Å². The van der Waals surface area contributed by atoms with Gasteiger partial charge in [-0.25, -0.2) is 0 Å². The van der Waals surface area contributed by atoms with E-state index in [1.165, 1.54) is 0 Å². The first-order chi connectivity index (χ1) is 6.19. The second kappa shape index (κ2) is 4.63. The van der Waals surface area contributed by atoms with Gasteiger partial charge in [0.05, 0.1) is 16.6 Å². The number of benzene rings is 1. The predicted molar refractivity (Wildman–Crippen MR) is 55.7 cm³/mol. The van der Waals surface area contributed by atoms with Gasteiger partial charge in [0, 0.05) is 5.02 Å². The Morgan fingerprint density at radius 3 is 2.85 bits per heavy atom. The number of carbonyl (C=O) groups excluding carboxylic acids is 1. The van der Waals surface area contributed by atoms with Crippen LogP contribution in [-0.2, 0) is 0 Å². The van der Waals surface area contributed by atoms with Gasteiger partial charge in [-0.2, -0.15) is 0 Å². The van der Waals surface area contributed by atoms with E-state index in [9.17, 15) is 4.79 Å². The van der Waals surface area contributed by atoms with Crippen molar-refractivity contribution in [2.24, 2.45) is 0 Å². The van der Waals surface area contributed by atoms with Crippen LogP contribution in [0.2, 0.25) is 5.02 Å². The number of hydrogen-bond donors (Lipinski definition) is 0. The smallest absolute Gasteiger partial charge is 0.153 e. The highest BCUT2D eigenvalue weighted by molar-refractivity contribution is 9.10. The average Bonchev–Trinajstić information content (AvgIpc) is 2.09. The van der Waals surface area contributed by atoms with Crippen LogP contribution in [0, 0.1) is 0 Å². The van der Waals surface area contributed by atoms with E-state index in [-0.39, 0.29) is 0 Å². The third-order valence-corrected chi connectivity index (χ3v) is 2.26. The van der Waals surface area contributed by atoms with Crippen LogP contribution in [0.25, 0.3) is 0 Å². The van der Waals surface area contributed by atoms with E-state index in [4.69, 9.17) is 16.3 Å². The van der Waals surface area contributed by atoms with Gasteiger partial charge in [-0.05, 0) is 35.0 Å². The fraction of sp³-hybridized carbons (Fsp3) is 0.222. The number of halogens is 2. The minimum atomic E-state index is 0.459. The van der Waals surface area contributed by atoms with E-state index in [1.54, 1.807) is 12.1 Å². The summed E-state index contributed by atoms with van der Waals surface area (Å²) < 4.78 is 5.97. The fourth-order valence-corrected chi connectivity index (χ4v) is 1.91. The van der Waals surface area contributed by atoms with Crippen molar-refractivity contribution >= 4 is 33.8 Å². The molecule has 0 saturated carbocycles. The Balaban J connectivity index is 3.21. The van der Waals surface area contributed by atoms with Crippen LogP contribution >= 0.6 is 27.5 Å². The zero-order valence-electron chi connectivity index (χ0n) is 7.01. The largest absolute Gasteiger partial charge is 0.492 e. The van der Waals surface area contributed by atoms with Gasteiger partial charge >= 0.3 is 0 Å². The molecule has 0 saturated heterocycles. The third-order valence-electron chi connectivity index (χ3n) is 1.45. The topological polar surface area (TPSA) is 26.3 Å². The Labute approximate surface area is 90.0 Å². The van der Waals surface area contributed by atoms with Crippen LogP contribution in [0.1, 0.15) is 17.3 Å². The lowest BCUT2D eigenvalue weighted by Crippen LogP contribution is -1.96. The molecule has 1 aromatic rings. The molecule has 0 aliphatic heterocycles. The fourth-order valence-electron chi connectivity index (χ4n) is 0.964. The van der Waals surface area contributed by atoms with Gasteiger partial charge in [0.15, 0.2) is 6.29 Å². The highest BCUT2D eigenvalue weighted by Crippen LogP contribution is 2.31. The Kier molecular flexibility index (Phi) is 3.75. The molecule has 0 aliphatic carbocycles. The monoisotopic (exact) mass is 262 g/mol. The number of aldehydes is 1. The summed E-state index contributed by atoms with van der Waals surface area (Å²) in [4.78, 5) is 10.6. The van der Waals surface area contributed by atoms with Gasteiger partial charge < -0.3 is 4.74 Å². The molecule has 0 radical (unpaired) electrons. The molecule has 0 bridgehead atoms. The standard InChI is InChI=1S/C9H8BrClO2/c1-2-13-9-6(5-12)3-7(11)4-8(9)10/h3-5H,2H2,1H3. The minimum absolute atomic E-state index is 0.459. The summed E-state index contributed by atoms with van der Waals surface area (Å²) in [5, 5.41) is 0.512. The van der Waals surface area contributed by atoms with Crippen LogP contribution in [0.4, 0.5) is 0 Å². The molecular formula is C9H8BrClO2. The molecule has 0 N–H and O–H groups in total. The van der Waals surface area contributed by atoms with Gasteiger partial charge in [0.1, 0.15) is 5.75 Å². The van der Waals surface area contributed by atoms with Crippen LogP contribution in [0.5, 0.6) is 5.75 Å². The van der Waals surface area contributed by atoms with Crippen LogP contribution in [0.15, 0.2) is 16.6 Å². The van der Waals surface area contributed by atoms with E-state index < -0.39 is 0 Å². The summed E-state index contributed by atoms with van der Waals surface area (Å²) in [5.41, 5.74) is 0.459. The predicted octanol–water partition coefficient (Wildman–Crippen LogP) is 3.31. The molecule has 4 heteroatoms. The van der Waals surface area contributed by atoms with Gasteiger partial charge in [-0.1, -0.05) is 11.6 Å². The number of rotatable bonds is 3. The first-order valence-electron chi connectivity index (χ1n) is 3.76.